The Hall–Kier alpha value is -2.20. The molecule has 0 bridgehead atoms. The lowest BCUT2D eigenvalue weighted by Gasteiger charge is -2.28. The average Bonchev–Trinajstić information content (AvgIpc) is 2.42. The number of nitrogens with zero attached hydrogens (tertiary/aromatic N) is 2. The van der Waals surface area contributed by atoms with Gasteiger partial charge in [0.05, 0.1) is 18.5 Å². The Morgan fingerprint density at radius 3 is 1.96 bits per heavy atom. The number of carbonyl (C=O) groups excluding carboxylic acids is 2. The highest BCUT2D eigenvalue weighted by molar-refractivity contribution is 5.78. The summed E-state index contributed by atoms with van der Waals surface area (Å²) in [6.07, 6.45) is -1.25. The van der Waals surface area contributed by atoms with Crippen LogP contribution in [-0.2, 0) is 23.9 Å². The summed E-state index contributed by atoms with van der Waals surface area (Å²) in [4.78, 5) is 47.1. The average molecular weight is 362 g/mol. The Kier molecular flexibility index (Phi) is 9.07. The van der Waals surface area contributed by atoms with E-state index >= 15 is 0 Å². The third-order valence-corrected chi connectivity index (χ3v) is 3.32. The number of ether oxygens (including phenoxy) is 1. The number of aliphatic carboxylic acids is 2. The van der Waals surface area contributed by atoms with Crippen LogP contribution in [0.5, 0.6) is 0 Å². The molecule has 10 heteroatoms. The van der Waals surface area contributed by atoms with Gasteiger partial charge in [-0.3, -0.25) is 24.1 Å². The minimum absolute atomic E-state index is 0.126. The van der Waals surface area contributed by atoms with Gasteiger partial charge in [-0.1, -0.05) is 0 Å². The normalized spacial score (nSPS) is 12.6. The van der Waals surface area contributed by atoms with Crippen LogP contribution in [0.4, 0.5) is 0 Å². The number of hydrogen-bond acceptors (Lipinski definition) is 7. The zero-order valence-corrected chi connectivity index (χ0v) is 14.9. The fraction of sp³-hybridized carbons (Fsp3) is 0.733. The van der Waals surface area contributed by atoms with Crippen molar-refractivity contribution < 1.29 is 39.2 Å². The molecule has 0 fully saturated rings. The van der Waals surface area contributed by atoms with Crippen LogP contribution in [0.1, 0.15) is 20.8 Å². The van der Waals surface area contributed by atoms with Crippen molar-refractivity contribution >= 4 is 23.8 Å². The van der Waals surface area contributed by atoms with Crippen molar-refractivity contribution in [1.29, 1.82) is 0 Å². The molecule has 0 heterocycles. The molecule has 0 aliphatic rings. The number of aliphatic hydroxyl groups is 1. The number of amides is 1. The number of aliphatic hydroxyl groups excluding tert-OH is 1. The van der Waals surface area contributed by atoms with E-state index in [0.29, 0.717) is 0 Å². The first kappa shape index (κ1) is 22.8. The zero-order chi connectivity index (χ0) is 19.8. The van der Waals surface area contributed by atoms with Gasteiger partial charge in [0.2, 0.25) is 5.91 Å². The molecule has 0 aliphatic heterocycles. The maximum Gasteiger partial charge on any atom is 0.317 e. The van der Waals surface area contributed by atoms with Gasteiger partial charge in [-0.05, 0) is 13.8 Å². The number of carbonyl (C=O) groups is 4. The Labute approximate surface area is 146 Å². The Morgan fingerprint density at radius 2 is 1.56 bits per heavy atom. The van der Waals surface area contributed by atoms with E-state index in [1.54, 1.807) is 20.9 Å². The van der Waals surface area contributed by atoms with Crippen LogP contribution < -0.4 is 0 Å². The van der Waals surface area contributed by atoms with Crippen LogP contribution in [0, 0.1) is 5.41 Å². The highest BCUT2D eigenvalue weighted by atomic mass is 16.5. The molecule has 0 aromatic carbocycles. The predicted molar refractivity (Wildman–Crippen MR) is 85.8 cm³/mol. The van der Waals surface area contributed by atoms with Gasteiger partial charge in [0.15, 0.2) is 0 Å². The molecule has 0 aliphatic carbocycles. The Morgan fingerprint density at radius 1 is 1.08 bits per heavy atom. The van der Waals surface area contributed by atoms with Crippen molar-refractivity contribution in [3.05, 3.63) is 0 Å². The maximum atomic E-state index is 12.1. The molecule has 0 spiro atoms. The second-order valence-corrected chi connectivity index (χ2v) is 6.47. The van der Waals surface area contributed by atoms with Gasteiger partial charge in [0.25, 0.3) is 0 Å². The Bertz CT molecular complexity index is 490. The molecule has 3 N–H and O–H groups in total. The van der Waals surface area contributed by atoms with Gasteiger partial charge in [-0.15, -0.1) is 0 Å². The van der Waals surface area contributed by atoms with Crippen LogP contribution >= 0.6 is 0 Å². The lowest BCUT2D eigenvalue weighted by Crippen LogP contribution is -2.43. The van der Waals surface area contributed by atoms with E-state index in [4.69, 9.17) is 14.9 Å². The van der Waals surface area contributed by atoms with Crippen LogP contribution in [0.25, 0.3) is 0 Å². The maximum absolute atomic E-state index is 12.1. The number of rotatable bonds is 11. The molecule has 1 unspecified atom stereocenters. The Balaban J connectivity index is 4.56. The molecule has 25 heavy (non-hydrogen) atoms. The summed E-state index contributed by atoms with van der Waals surface area (Å²) < 4.78 is 5.01. The first-order valence-corrected chi connectivity index (χ1v) is 7.58. The highest BCUT2D eigenvalue weighted by Gasteiger charge is 2.32. The monoisotopic (exact) mass is 362 g/mol. The topological polar surface area (TPSA) is 145 Å². The number of esters is 1. The van der Waals surface area contributed by atoms with E-state index in [2.05, 4.69) is 0 Å². The van der Waals surface area contributed by atoms with Crippen LogP contribution in [0.2, 0.25) is 0 Å². The molecule has 0 aromatic heterocycles. The van der Waals surface area contributed by atoms with Gasteiger partial charge < -0.3 is 25.0 Å². The van der Waals surface area contributed by atoms with Crippen molar-refractivity contribution in [2.24, 2.45) is 5.41 Å². The summed E-state index contributed by atoms with van der Waals surface area (Å²) in [5.41, 5.74) is -0.998. The van der Waals surface area contributed by atoms with Crippen molar-refractivity contribution in [3.63, 3.8) is 0 Å². The second kappa shape index (κ2) is 9.94. The fourth-order valence-electron chi connectivity index (χ4n) is 2.05. The molecular weight excluding hydrogens is 336 g/mol. The number of carboxylic acids is 2. The molecule has 10 nitrogen and oxygen atoms in total. The lowest BCUT2D eigenvalue weighted by molar-refractivity contribution is -0.159. The minimum Gasteiger partial charge on any atom is -0.480 e. The van der Waals surface area contributed by atoms with E-state index in [1.165, 1.54) is 11.8 Å². The van der Waals surface area contributed by atoms with E-state index in [9.17, 15) is 24.3 Å². The van der Waals surface area contributed by atoms with Crippen molar-refractivity contribution in [1.82, 2.24) is 9.80 Å². The quantitative estimate of drug-likeness (QED) is 0.389. The van der Waals surface area contributed by atoms with E-state index in [1.807, 2.05) is 0 Å². The third kappa shape index (κ3) is 9.62. The zero-order valence-electron chi connectivity index (χ0n) is 14.9. The fourth-order valence-corrected chi connectivity index (χ4v) is 2.05. The van der Waals surface area contributed by atoms with Crippen LogP contribution in [0.15, 0.2) is 0 Å². The SMILES string of the molecule is CC(=O)N(C)CC(C)(C)C(=O)OCC(O)CN(CC(=O)O)CC(=O)O. The van der Waals surface area contributed by atoms with E-state index in [-0.39, 0.29) is 19.0 Å². The van der Waals surface area contributed by atoms with Gasteiger partial charge in [-0.25, -0.2) is 0 Å². The summed E-state index contributed by atoms with van der Waals surface area (Å²) in [7, 11) is 1.54. The minimum atomic E-state index is -1.25. The first-order valence-electron chi connectivity index (χ1n) is 7.58. The smallest absolute Gasteiger partial charge is 0.317 e. The van der Waals surface area contributed by atoms with E-state index < -0.39 is 49.1 Å². The first-order chi connectivity index (χ1) is 11.3. The molecule has 0 saturated carbocycles. The molecule has 0 radical (unpaired) electrons. The predicted octanol–water partition coefficient (Wildman–Crippen LogP) is -1.13. The van der Waals surface area contributed by atoms with Gasteiger partial charge in [0, 0.05) is 27.1 Å². The summed E-state index contributed by atoms with van der Waals surface area (Å²) in [5, 5.41) is 27.3. The highest BCUT2D eigenvalue weighted by Crippen LogP contribution is 2.19. The molecule has 144 valence electrons. The largest absolute Gasteiger partial charge is 0.480 e. The van der Waals surface area contributed by atoms with Gasteiger partial charge >= 0.3 is 17.9 Å². The molecular formula is C15H26N2O8. The summed E-state index contributed by atoms with van der Waals surface area (Å²) in [6, 6.07) is 0. The molecule has 1 atom stereocenters. The van der Waals surface area contributed by atoms with Crippen molar-refractivity contribution in [2.75, 3.05) is 39.8 Å². The summed E-state index contributed by atoms with van der Waals surface area (Å²) >= 11 is 0. The molecule has 0 aromatic rings. The van der Waals surface area contributed by atoms with Crippen molar-refractivity contribution in [3.8, 4) is 0 Å². The molecule has 1 amide bonds. The lowest BCUT2D eigenvalue weighted by atomic mass is 9.93. The van der Waals surface area contributed by atoms with Gasteiger partial charge in [-0.2, -0.15) is 0 Å². The molecule has 0 rings (SSSR count). The summed E-state index contributed by atoms with van der Waals surface area (Å²) in [6.45, 7) is 2.84. The van der Waals surface area contributed by atoms with Crippen molar-refractivity contribution in [2.45, 2.75) is 26.9 Å². The summed E-state index contributed by atoms with van der Waals surface area (Å²) in [5.74, 6) is -3.32. The van der Waals surface area contributed by atoms with Gasteiger partial charge in [0.1, 0.15) is 12.7 Å². The number of carboxylic acid groups (broad SMARTS) is 2. The third-order valence-electron chi connectivity index (χ3n) is 3.32. The standard InChI is InChI=1S/C15H26N2O8/c1-10(18)16(4)9-15(2,3)14(24)25-8-11(19)5-17(6-12(20)21)7-13(22)23/h11,19H,5-9H2,1-4H3,(H,20,21)(H,22,23). The number of hydrogen-bond donors (Lipinski definition) is 3. The molecule has 0 saturated heterocycles. The van der Waals surface area contributed by atoms with Crippen LogP contribution in [0.3, 0.4) is 0 Å². The van der Waals surface area contributed by atoms with E-state index in [0.717, 1.165) is 4.90 Å². The van der Waals surface area contributed by atoms with Crippen LogP contribution in [-0.4, -0.2) is 94.9 Å². The second-order valence-electron chi connectivity index (χ2n) is 6.47.